The van der Waals surface area contributed by atoms with E-state index in [1.807, 2.05) is 31.2 Å². The van der Waals surface area contributed by atoms with Gasteiger partial charge in [0.25, 0.3) is 0 Å². The van der Waals surface area contributed by atoms with Gasteiger partial charge in [0, 0.05) is 11.6 Å². The van der Waals surface area contributed by atoms with E-state index in [1.54, 1.807) is 12.1 Å². The van der Waals surface area contributed by atoms with E-state index in [1.165, 1.54) is 6.07 Å². The topological polar surface area (TPSA) is 44.5 Å². The number of hydrogen-bond donors (Lipinski definition) is 1. The summed E-state index contributed by atoms with van der Waals surface area (Å²) in [6, 6.07) is 11.9. The first-order chi connectivity index (χ1) is 10.1. The van der Waals surface area contributed by atoms with Crippen molar-refractivity contribution in [2.45, 2.75) is 13.5 Å². The molecule has 0 aliphatic rings. The summed E-state index contributed by atoms with van der Waals surface area (Å²) >= 11 is 4.81. The molecule has 0 heterocycles. The van der Waals surface area contributed by atoms with Crippen molar-refractivity contribution in [2.24, 2.45) is 5.73 Å². The van der Waals surface area contributed by atoms with Gasteiger partial charge in [0.05, 0.1) is 6.61 Å². The molecule has 2 aromatic rings. The average molecular weight is 305 g/mol. The van der Waals surface area contributed by atoms with E-state index in [2.05, 4.69) is 0 Å². The van der Waals surface area contributed by atoms with Gasteiger partial charge in [-0.3, -0.25) is 0 Å². The minimum atomic E-state index is -0.426. The zero-order valence-electron chi connectivity index (χ0n) is 11.6. The van der Waals surface area contributed by atoms with Crippen molar-refractivity contribution < 1.29 is 13.9 Å². The number of halogens is 1. The third kappa shape index (κ3) is 4.16. The first-order valence-electron chi connectivity index (χ1n) is 6.54. The van der Waals surface area contributed by atoms with Gasteiger partial charge in [-0.2, -0.15) is 0 Å². The van der Waals surface area contributed by atoms with Crippen molar-refractivity contribution >= 4 is 17.2 Å². The molecule has 0 bridgehead atoms. The van der Waals surface area contributed by atoms with E-state index in [0.29, 0.717) is 19.0 Å². The Bertz CT molecular complexity index is 646. The van der Waals surface area contributed by atoms with Crippen LogP contribution >= 0.6 is 12.2 Å². The van der Waals surface area contributed by atoms with E-state index in [-0.39, 0.29) is 10.6 Å². The van der Waals surface area contributed by atoms with Crippen LogP contribution < -0.4 is 15.2 Å². The van der Waals surface area contributed by atoms with Crippen LogP contribution in [0.15, 0.2) is 42.5 Å². The second-order valence-electron chi connectivity index (χ2n) is 4.37. The maximum atomic E-state index is 13.5. The molecule has 2 N–H and O–H groups in total. The van der Waals surface area contributed by atoms with Crippen molar-refractivity contribution in [1.29, 1.82) is 0 Å². The van der Waals surface area contributed by atoms with Crippen LogP contribution in [-0.4, -0.2) is 11.6 Å². The van der Waals surface area contributed by atoms with Crippen molar-refractivity contribution in [3.63, 3.8) is 0 Å². The van der Waals surface area contributed by atoms with Crippen molar-refractivity contribution in [3.8, 4) is 11.5 Å². The molecule has 110 valence electrons. The molecular formula is C16H16FNO2S. The van der Waals surface area contributed by atoms with Crippen LogP contribution in [0, 0.1) is 5.82 Å². The van der Waals surface area contributed by atoms with Crippen molar-refractivity contribution in [3.05, 3.63) is 59.4 Å². The van der Waals surface area contributed by atoms with Crippen LogP contribution in [0.5, 0.6) is 11.5 Å². The molecule has 0 saturated heterocycles. The molecule has 21 heavy (non-hydrogen) atoms. The smallest absolute Gasteiger partial charge is 0.133 e. The number of ether oxygens (including phenoxy) is 2. The monoisotopic (exact) mass is 305 g/mol. The van der Waals surface area contributed by atoms with Crippen LogP contribution in [-0.2, 0) is 6.61 Å². The lowest BCUT2D eigenvalue weighted by atomic mass is 10.1. The van der Waals surface area contributed by atoms with Crippen LogP contribution in [0.2, 0.25) is 0 Å². The normalized spacial score (nSPS) is 10.2. The van der Waals surface area contributed by atoms with Crippen molar-refractivity contribution in [2.75, 3.05) is 6.61 Å². The second-order valence-corrected chi connectivity index (χ2v) is 4.81. The Morgan fingerprint density at radius 2 is 1.86 bits per heavy atom. The molecule has 2 aromatic carbocycles. The summed E-state index contributed by atoms with van der Waals surface area (Å²) in [5, 5.41) is 0. The van der Waals surface area contributed by atoms with Gasteiger partial charge < -0.3 is 15.2 Å². The van der Waals surface area contributed by atoms with Gasteiger partial charge >= 0.3 is 0 Å². The Morgan fingerprint density at radius 1 is 1.14 bits per heavy atom. The summed E-state index contributed by atoms with van der Waals surface area (Å²) in [5.41, 5.74) is 6.50. The van der Waals surface area contributed by atoms with Crippen LogP contribution in [0.1, 0.15) is 18.1 Å². The highest BCUT2D eigenvalue weighted by atomic mass is 32.1. The molecule has 0 fully saturated rings. The standard InChI is InChI=1S/C16H16FNO2S/c1-2-19-12-4-3-5-13(9-12)20-10-11-6-7-15(17)14(8-11)16(18)21/h3-9H,2,10H2,1H3,(H2,18,21). The lowest BCUT2D eigenvalue weighted by Crippen LogP contribution is -2.12. The molecule has 0 spiro atoms. The molecule has 0 aliphatic carbocycles. The fraction of sp³-hybridized carbons (Fsp3) is 0.188. The summed E-state index contributed by atoms with van der Waals surface area (Å²) < 4.78 is 24.6. The lowest BCUT2D eigenvalue weighted by molar-refractivity contribution is 0.299. The van der Waals surface area contributed by atoms with E-state index in [4.69, 9.17) is 27.4 Å². The molecule has 2 rings (SSSR count). The summed E-state index contributed by atoms with van der Waals surface area (Å²) in [6.07, 6.45) is 0. The molecule has 0 atom stereocenters. The average Bonchev–Trinajstić information content (AvgIpc) is 2.47. The molecule has 0 unspecified atom stereocenters. The van der Waals surface area contributed by atoms with Gasteiger partial charge in [0.15, 0.2) is 0 Å². The quantitative estimate of drug-likeness (QED) is 0.830. The van der Waals surface area contributed by atoms with Gasteiger partial charge in [-0.05, 0) is 36.8 Å². The first kappa shape index (κ1) is 15.3. The van der Waals surface area contributed by atoms with E-state index in [0.717, 1.165) is 11.3 Å². The molecule has 0 radical (unpaired) electrons. The maximum absolute atomic E-state index is 13.5. The zero-order chi connectivity index (χ0) is 15.2. The Morgan fingerprint density at radius 3 is 2.52 bits per heavy atom. The highest BCUT2D eigenvalue weighted by molar-refractivity contribution is 7.80. The summed E-state index contributed by atoms with van der Waals surface area (Å²) in [5.74, 6) is 1.00. The predicted octanol–water partition coefficient (Wildman–Crippen LogP) is 3.44. The molecule has 0 aliphatic heterocycles. The fourth-order valence-electron chi connectivity index (χ4n) is 1.84. The molecule has 3 nitrogen and oxygen atoms in total. The summed E-state index contributed by atoms with van der Waals surface area (Å²) in [6.45, 7) is 2.81. The number of hydrogen-bond acceptors (Lipinski definition) is 3. The Hall–Kier alpha value is -2.14. The van der Waals surface area contributed by atoms with Gasteiger partial charge in [-0.1, -0.05) is 24.4 Å². The lowest BCUT2D eigenvalue weighted by Gasteiger charge is -2.10. The minimum absolute atomic E-state index is 0.0349. The third-order valence-electron chi connectivity index (χ3n) is 2.82. The number of benzene rings is 2. The minimum Gasteiger partial charge on any atom is -0.494 e. The predicted molar refractivity (Wildman–Crippen MR) is 84.2 cm³/mol. The SMILES string of the molecule is CCOc1cccc(OCc2ccc(F)c(C(N)=S)c2)c1. The first-order valence-corrected chi connectivity index (χ1v) is 6.95. The molecule has 0 aromatic heterocycles. The maximum Gasteiger partial charge on any atom is 0.133 e. The number of nitrogens with two attached hydrogens (primary N) is 1. The van der Waals surface area contributed by atoms with Gasteiger partial charge in [0.2, 0.25) is 0 Å². The van der Waals surface area contributed by atoms with Gasteiger partial charge in [-0.25, -0.2) is 4.39 Å². The van der Waals surface area contributed by atoms with E-state index < -0.39 is 5.82 Å². The molecule has 0 amide bonds. The Kier molecular flexibility index (Phi) is 5.11. The Labute approximate surface area is 128 Å². The van der Waals surface area contributed by atoms with Crippen LogP contribution in [0.25, 0.3) is 0 Å². The highest BCUT2D eigenvalue weighted by Gasteiger charge is 2.07. The third-order valence-corrected chi connectivity index (χ3v) is 3.04. The summed E-state index contributed by atoms with van der Waals surface area (Å²) in [7, 11) is 0. The largest absolute Gasteiger partial charge is 0.494 e. The second kappa shape index (κ2) is 7.04. The van der Waals surface area contributed by atoms with Crippen LogP contribution in [0.4, 0.5) is 4.39 Å². The van der Waals surface area contributed by atoms with Crippen molar-refractivity contribution in [1.82, 2.24) is 0 Å². The molecule has 0 saturated carbocycles. The van der Waals surface area contributed by atoms with Gasteiger partial charge in [0.1, 0.15) is 28.9 Å². The van der Waals surface area contributed by atoms with E-state index in [9.17, 15) is 4.39 Å². The highest BCUT2D eigenvalue weighted by Crippen LogP contribution is 2.21. The fourth-order valence-corrected chi connectivity index (χ4v) is 1.99. The molecule has 5 heteroatoms. The molecular weight excluding hydrogens is 289 g/mol. The van der Waals surface area contributed by atoms with Crippen LogP contribution in [0.3, 0.4) is 0 Å². The number of rotatable bonds is 6. The summed E-state index contributed by atoms with van der Waals surface area (Å²) in [4.78, 5) is 0.0349. The zero-order valence-corrected chi connectivity index (χ0v) is 12.5. The van der Waals surface area contributed by atoms with Gasteiger partial charge in [-0.15, -0.1) is 0 Å². The Balaban J connectivity index is 2.07. The number of thiocarbonyl (C=S) groups is 1. The van der Waals surface area contributed by atoms with E-state index >= 15 is 0 Å².